The van der Waals surface area contributed by atoms with E-state index in [0.29, 0.717) is 18.5 Å². The molecule has 0 heterocycles. The molecule has 0 aromatic heterocycles. The van der Waals surface area contributed by atoms with Gasteiger partial charge in [-0.25, -0.2) is 0 Å². The zero-order chi connectivity index (χ0) is 11.0. The van der Waals surface area contributed by atoms with Gasteiger partial charge in [0.05, 0.1) is 6.61 Å². The number of hydrogen-bond donors (Lipinski definition) is 2. The maximum absolute atomic E-state index is 5.68. The van der Waals surface area contributed by atoms with Crippen molar-refractivity contribution in [1.82, 2.24) is 5.32 Å². The molecule has 0 saturated carbocycles. The van der Waals surface area contributed by atoms with E-state index in [4.69, 9.17) is 10.5 Å². The minimum absolute atomic E-state index is 0.214. The van der Waals surface area contributed by atoms with Crippen molar-refractivity contribution >= 4 is 5.96 Å². The largest absolute Gasteiger partial charge is 0.380 e. The summed E-state index contributed by atoms with van der Waals surface area (Å²) in [7, 11) is 0. The second-order valence-electron chi connectivity index (χ2n) is 3.82. The topological polar surface area (TPSA) is 59.6 Å². The number of nitrogens with one attached hydrogen (secondary N) is 1. The summed E-state index contributed by atoms with van der Waals surface area (Å²) in [4.78, 5) is 4.20. The van der Waals surface area contributed by atoms with Crippen LogP contribution in [0.5, 0.6) is 0 Å². The molecule has 0 radical (unpaired) electrons. The third-order valence-electron chi connectivity index (χ3n) is 1.59. The minimum atomic E-state index is 0.214. The van der Waals surface area contributed by atoms with Crippen molar-refractivity contribution in [2.75, 3.05) is 19.8 Å². The van der Waals surface area contributed by atoms with Crippen molar-refractivity contribution in [3.8, 4) is 0 Å². The second-order valence-corrected chi connectivity index (χ2v) is 3.82. The van der Waals surface area contributed by atoms with E-state index in [1.165, 1.54) is 0 Å². The number of aliphatic imine (C=N–C) groups is 1. The molecule has 0 saturated heterocycles. The summed E-state index contributed by atoms with van der Waals surface area (Å²) < 4.78 is 5.25. The van der Waals surface area contributed by atoms with Crippen molar-refractivity contribution in [2.24, 2.45) is 16.6 Å². The average molecular weight is 201 g/mol. The standard InChI is InChI=1S/C10H23N3O/c1-5-14-7-9(4)13-10(11)12-6-8(2)3/h8-9H,5-7H2,1-4H3,(H3,11,12,13). The van der Waals surface area contributed by atoms with Gasteiger partial charge >= 0.3 is 0 Å². The fourth-order valence-electron chi connectivity index (χ4n) is 0.915. The van der Waals surface area contributed by atoms with Crippen LogP contribution in [-0.4, -0.2) is 31.8 Å². The molecule has 0 aliphatic rings. The normalized spacial score (nSPS) is 14.5. The Morgan fingerprint density at radius 3 is 2.57 bits per heavy atom. The van der Waals surface area contributed by atoms with Crippen LogP contribution >= 0.6 is 0 Å². The molecule has 0 fully saturated rings. The molecule has 3 N–H and O–H groups in total. The first-order valence-electron chi connectivity index (χ1n) is 5.20. The molecule has 1 atom stereocenters. The molecule has 0 amide bonds. The minimum Gasteiger partial charge on any atom is -0.380 e. The van der Waals surface area contributed by atoms with Crippen LogP contribution in [0.2, 0.25) is 0 Å². The number of nitrogens with two attached hydrogens (primary N) is 1. The molecule has 0 rings (SSSR count). The van der Waals surface area contributed by atoms with Gasteiger partial charge in [0.2, 0.25) is 0 Å². The van der Waals surface area contributed by atoms with Crippen molar-refractivity contribution in [1.29, 1.82) is 0 Å². The fraction of sp³-hybridized carbons (Fsp3) is 0.900. The average Bonchev–Trinajstić information content (AvgIpc) is 2.11. The van der Waals surface area contributed by atoms with Crippen molar-refractivity contribution in [2.45, 2.75) is 33.7 Å². The Kier molecular flexibility index (Phi) is 7.20. The van der Waals surface area contributed by atoms with Crippen molar-refractivity contribution in [3.63, 3.8) is 0 Å². The summed E-state index contributed by atoms with van der Waals surface area (Å²) in [6.45, 7) is 10.4. The lowest BCUT2D eigenvalue weighted by Crippen LogP contribution is -2.41. The van der Waals surface area contributed by atoms with Gasteiger partial charge in [0.25, 0.3) is 0 Å². The van der Waals surface area contributed by atoms with Crippen LogP contribution in [0.1, 0.15) is 27.7 Å². The van der Waals surface area contributed by atoms with Crippen LogP contribution in [0.15, 0.2) is 4.99 Å². The van der Waals surface area contributed by atoms with Gasteiger partial charge in [-0.05, 0) is 19.8 Å². The third-order valence-corrected chi connectivity index (χ3v) is 1.59. The van der Waals surface area contributed by atoms with Gasteiger partial charge in [-0.2, -0.15) is 0 Å². The number of nitrogens with zero attached hydrogens (tertiary/aromatic N) is 1. The Morgan fingerprint density at radius 1 is 1.43 bits per heavy atom. The number of rotatable bonds is 6. The molecule has 1 unspecified atom stereocenters. The molecule has 0 aromatic rings. The summed E-state index contributed by atoms with van der Waals surface area (Å²) in [5.41, 5.74) is 5.68. The van der Waals surface area contributed by atoms with Gasteiger partial charge in [-0.1, -0.05) is 13.8 Å². The molecular weight excluding hydrogens is 178 g/mol. The predicted octanol–water partition coefficient (Wildman–Crippen LogP) is 0.972. The van der Waals surface area contributed by atoms with Crippen LogP contribution in [0, 0.1) is 5.92 Å². The summed E-state index contributed by atoms with van der Waals surface area (Å²) in [6, 6.07) is 0.214. The summed E-state index contributed by atoms with van der Waals surface area (Å²) in [5.74, 6) is 1.04. The molecule has 0 bridgehead atoms. The lowest BCUT2D eigenvalue weighted by atomic mass is 10.2. The van der Waals surface area contributed by atoms with E-state index in [1.807, 2.05) is 13.8 Å². The quantitative estimate of drug-likeness (QED) is 0.497. The highest BCUT2D eigenvalue weighted by atomic mass is 16.5. The van der Waals surface area contributed by atoms with E-state index in [-0.39, 0.29) is 6.04 Å². The van der Waals surface area contributed by atoms with Gasteiger partial charge in [0.1, 0.15) is 0 Å². The number of guanidine groups is 1. The smallest absolute Gasteiger partial charge is 0.188 e. The van der Waals surface area contributed by atoms with E-state index >= 15 is 0 Å². The lowest BCUT2D eigenvalue weighted by Gasteiger charge is -2.14. The summed E-state index contributed by atoms with van der Waals surface area (Å²) >= 11 is 0. The number of ether oxygens (including phenoxy) is 1. The van der Waals surface area contributed by atoms with Gasteiger partial charge in [-0.3, -0.25) is 4.99 Å². The van der Waals surface area contributed by atoms with Crippen LogP contribution in [-0.2, 0) is 4.74 Å². The first kappa shape index (κ1) is 13.2. The fourth-order valence-corrected chi connectivity index (χ4v) is 0.915. The third kappa shape index (κ3) is 7.86. The van der Waals surface area contributed by atoms with Crippen LogP contribution in [0.4, 0.5) is 0 Å². The second kappa shape index (κ2) is 7.62. The molecule has 0 spiro atoms. The maximum atomic E-state index is 5.68. The Balaban J connectivity index is 3.68. The van der Waals surface area contributed by atoms with Gasteiger partial charge < -0.3 is 15.8 Å². The molecule has 0 aromatic carbocycles. The highest BCUT2D eigenvalue weighted by molar-refractivity contribution is 5.78. The Hall–Kier alpha value is -0.770. The molecule has 4 nitrogen and oxygen atoms in total. The Morgan fingerprint density at radius 2 is 2.07 bits per heavy atom. The molecule has 14 heavy (non-hydrogen) atoms. The maximum Gasteiger partial charge on any atom is 0.188 e. The van der Waals surface area contributed by atoms with E-state index in [0.717, 1.165) is 13.2 Å². The Labute approximate surface area is 86.9 Å². The lowest BCUT2D eigenvalue weighted by molar-refractivity contribution is 0.132. The molecule has 84 valence electrons. The summed E-state index contributed by atoms with van der Waals surface area (Å²) in [6.07, 6.45) is 0. The zero-order valence-corrected chi connectivity index (χ0v) is 9.71. The Bertz CT molecular complexity index is 169. The van der Waals surface area contributed by atoms with Gasteiger partial charge in [0.15, 0.2) is 5.96 Å². The van der Waals surface area contributed by atoms with Crippen molar-refractivity contribution in [3.05, 3.63) is 0 Å². The zero-order valence-electron chi connectivity index (χ0n) is 9.71. The van der Waals surface area contributed by atoms with E-state index < -0.39 is 0 Å². The predicted molar refractivity (Wildman–Crippen MR) is 60.4 cm³/mol. The highest BCUT2D eigenvalue weighted by Gasteiger charge is 2.01. The molecule has 4 heteroatoms. The van der Waals surface area contributed by atoms with E-state index in [9.17, 15) is 0 Å². The highest BCUT2D eigenvalue weighted by Crippen LogP contribution is 1.91. The molecule has 0 aliphatic carbocycles. The molecule has 0 aliphatic heterocycles. The van der Waals surface area contributed by atoms with Crippen LogP contribution in [0.3, 0.4) is 0 Å². The molecular formula is C10H23N3O. The first-order chi connectivity index (χ1) is 6.56. The first-order valence-corrected chi connectivity index (χ1v) is 5.20. The van der Waals surface area contributed by atoms with Gasteiger partial charge in [-0.15, -0.1) is 0 Å². The van der Waals surface area contributed by atoms with Crippen LogP contribution < -0.4 is 11.1 Å². The van der Waals surface area contributed by atoms with Gasteiger partial charge in [0, 0.05) is 19.2 Å². The number of hydrogen-bond acceptors (Lipinski definition) is 2. The SMILES string of the molecule is CCOCC(C)NC(N)=NCC(C)C. The van der Waals surface area contributed by atoms with Crippen molar-refractivity contribution < 1.29 is 4.74 Å². The van der Waals surface area contributed by atoms with Crippen LogP contribution in [0.25, 0.3) is 0 Å². The van der Waals surface area contributed by atoms with E-state index in [1.54, 1.807) is 0 Å². The summed E-state index contributed by atoms with van der Waals surface area (Å²) in [5, 5.41) is 3.07. The van der Waals surface area contributed by atoms with E-state index in [2.05, 4.69) is 24.2 Å². The monoisotopic (exact) mass is 201 g/mol.